The molecule has 5 aromatic rings. The van der Waals surface area contributed by atoms with Gasteiger partial charge >= 0.3 is 0 Å². The van der Waals surface area contributed by atoms with Gasteiger partial charge in [0, 0.05) is 12.1 Å². The van der Waals surface area contributed by atoms with Crippen molar-refractivity contribution in [3.05, 3.63) is 114 Å². The molecule has 12 heteroatoms. The first-order valence-electron chi connectivity index (χ1n) is 17.1. The Morgan fingerprint density at radius 1 is 0.824 bits per heavy atom. The van der Waals surface area contributed by atoms with Gasteiger partial charge in [-0.3, -0.25) is 0 Å². The van der Waals surface area contributed by atoms with Gasteiger partial charge in [0.1, 0.15) is 41.4 Å². The van der Waals surface area contributed by atoms with Crippen LogP contribution in [0.4, 0.5) is 0 Å². The summed E-state index contributed by atoms with van der Waals surface area (Å²) in [7, 11) is 1.87. The van der Waals surface area contributed by atoms with Crippen LogP contribution in [0.5, 0.6) is 11.5 Å². The highest BCUT2D eigenvalue weighted by Gasteiger charge is 2.39. The third-order valence-corrected chi connectivity index (χ3v) is 10.6. The van der Waals surface area contributed by atoms with Gasteiger partial charge < -0.3 is 27.8 Å². The number of benzene rings is 3. The summed E-state index contributed by atoms with van der Waals surface area (Å²) in [6.07, 6.45) is 3.53. The summed E-state index contributed by atoms with van der Waals surface area (Å²) >= 11 is 0. The van der Waals surface area contributed by atoms with Crippen LogP contribution in [0.1, 0.15) is 69.6 Å². The number of fused-ring (bicyclic) bond motifs is 1. The molecule has 2 heterocycles. The third kappa shape index (κ3) is 8.55. The molecule has 0 radical (unpaired) electrons. The molecule has 0 aliphatic heterocycles. The summed E-state index contributed by atoms with van der Waals surface area (Å²) in [5, 5.41) is 9.16. The molecular formula is C39H47N6O5P. The number of nitrogens with zero attached hydrogens (tertiary/aromatic N) is 6. The van der Waals surface area contributed by atoms with Crippen molar-refractivity contribution in [1.29, 1.82) is 5.26 Å². The number of aromatic nitrogens is 4. The average Bonchev–Trinajstić information content (AvgIpc) is 3.53. The number of hydrogen-bond acceptors (Lipinski definition) is 10. The normalized spacial score (nSPS) is 13.1. The quantitative estimate of drug-likeness (QED) is 0.0500. The lowest BCUT2D eigenvalue weighted by atomic mass is 9.80. The number of methoxy groups -OCH3 is 2. The van der Waals surface area contributed by atoms with E-state index in [0.717, 1.165) is 28.2 Å². The zero-order valence-electron chi connectivity index (χ0n) is 30.4. The van der Waals surface area contributed by atoms with Gasteiger partial charge in [-0.1, -0.05) is 54.6 Å². The highest BCUT2D eigenvalue weighted by Crippen LogP contribution is 2.47. The van der Waals surface area contributed by atoms with Crippen LogP contribution in [0, 0.1) is 11.3 Å². The van der Waals surface area contributed by atoms with Gasteiger partial charge in [0.25, 0.3) is 8.53 Å². The second-order valence-electron chi connectivity index (χ2n) is 12.6. The first-order chi connectivity index (χ1) is 24.7. The van der Waals surface area contributed by atoms with Crippen LogP contribution >= 0.6 is 8.53 Å². The van der Waals surface area contributed by atoms with Crippen molar-refractivity contribution in [2.75, 3.05) is 27.4 Å². The molecule has 0 N–H and O–H groups in total. The monoisotopic (exact) mass is 710 g/mol. The van der Waals surface area contributed by atoms with Crippen LogP contribution in [-0.4, -0.2) is 63.7 Å². The molecule has 2 atom stereocenters. The molecule has 0 spiro atoms. The van der Waals surface area contributed by atoms with Gasteiger partial charge in [-0.05, 0) is 75.6 Å². The zero-order chi connectivity index (χ0) is 36.4. The minimum Gasteiger partial charge on any atom is -0.497 e. The van der Waals surface area contributed by atoms with Crippen molar-refractivity contribution in [3.63, 3.8) is 0 Å². The van der Waals surface area contributed by atoms with E-state index in [0.29, 0.717) is 30.2 Å². The number of rotatable bonds is 18. The Hall–Kier alpha value is -4.43. The predicted molar refractivity (Wildman–Crippen MR) is 198 cm³/mol. The Balaban J connectivity index is 1.55. The molecule has 0 saturated heterocycles. The topological polar surface area (TPSA) is 117 Å². The third-order valence-electron chi connectivity index (χ3n) is 8.55. The van der Waals surface area contributed by atoms with Crippen molar-refractivity contribution < 1.29 is 23.3 Å². The number of imidazole rings is 1. The van der Waals surface area contributed by atoms with E-state index in [1.54, 1.807) is 20.4 Å². The maximum absolute atomic E-state index is 9.16. The molecule has 0 fully saturated rings. The molecule has 11 nitrogen and oxygen atoms in total. The van der Waals surface area contributed by atoms with E-state index in [1.807, 2.05) is 66.7 Å². The predicted octanol–water partition coefficient (Wildman–Crippen LogP) is 8.21. The second kappa shape index (κ2) is 17.7. The number of hydrogen-bond donors (Lipinski definition) is 0. The molecule has 1 unspecified atom stereocenters. The average molecular weight is 711 g/mol. The Morgan fingerprint density at radius 2 is 1.41 bits per heavy atom. The Morgan fingerprint density at radius 3 is 1.96 bits per heavy atom. The maximum Gasteiger partial charge on any atom is 0.259 e. The van der Waals surface area contributed by atoms with E-state index in [4.69, 9.17) is 33.5 Å². The summed E-state index contributed by atoms with van der Waals surface area (Å²) in [4.78, 5) is 13.9. The van der Waals surface area contributed by atoms with Gasteiger partial charge in [-0.25, -0.2) is 19.6 Å². The van der Waals surface area contributed by atoms with Crippen molar-refractivity contribution in [2.24, 2.45) is 0 Å². The minimum absolute atomic E-state index is 0.130. The van der Waals surface area contributed by atoms with E-state index in [-0.39, 0.29) is 31.2 Å². The van der Waals surface area contributed by atoms with Crippen molar-refractivity contribution in [3.8, 4) is 17.6 Å². The molecule has 5 rings (SSSR count). The first-order valence-corrected chi connectivity index (χ1v) is 18.2. The minimum atomic E-state index is -1.44. The lowest BCUT2D eigenvalue weighted by molar-refractivity contribution is -0.00509. The van der Waals surface area contributed by atoms with Gasteiger partial charge in [0.05, 0.1) is 52.2 Å². The van der Waals surface area contributed by atoms with Crippen molar-refractivity contribution >= 4 is 19.7 Å². The fraction of sp³-hybridized carbons (Fsp3) is 0.385. The largest absolute Gasteiger partial charge is 0.497 e. The summed E-state index contributed by atoms with van der Waals surface area (Å²) in [6, 6.07) is 28.4. The van der Waals surface area contributed by atoms with E-state index < -0.39 is 14.1 Å². The summed E-state index contributed by atoms with van der Waals surface area (Å²) in [5.41, 5.74) is 3.08. The van der Waals surface area contributed by atoms with Crippen LogP contribution in [-0.2, 0) is 26.0 Å². The lowest BCUT2D eigenvalue weighted by Crippen LogP contribution is -2.34. The molecule has 51 heavy (non-hydrogen) atoms. The van der Waals surface area contributed by atoms with Gasteiger partial charge in [0.2, 0.25) is 0 Å². The fourth-order valence-electron chi connectivity index (χ4n) is 6.27. The standard InChI is InChI=1S/C39H47N6O5P/c1-28(2)45(29(3)4)51(49-23-11-22-40)50-25-30(5)44-37(43-36-24-41-27-42-38(36)44)26-48-39(31-12-9-8-10-13-31,32-14-18-34(46-6)19-15-32)33-16-20-35(47-7)21-17-33/h8-10,12-21,24,27-30H,11,23,25-26H2,1-7H3/t30-,51?/m0/s1. The zero-order valence-corrected chi connectivity index (χ0v) is 31.3. The smallest absolute Gasteiger partial charge is 0.259 e. The van der Waals surface area contributed by atoms with E-state index in [9.17, 15) is 0 Å². The SMILES string of the molecule is COc1ccc(C(OCc2nc3cncnc3n2[C@@H](C)COP(OCCC#N)N(C(C)C)C(C)C)(c2ccccc2)c2ccc(OC)cc2)cc1. The highest BCUT2D eigenvalue weighted by molar-refractivity contribution is 7.44. The lowest BCUT2D eigenvalue weighted by Gasteiger charge is -2.36. The van der Waals surface area contributed by atoms with Crippen molar-refractivity contribution in [2.45, 2.75) is 71.4 Å². The van der Waals surface area contributed by atoms with Gasteiger partial charge in [-0.15, -0.1) is 0 Å². The molecule has 0 saturated carbocycles. The van der Waals surface area contributed by atoms with Crippen LogP contribution in [0.25, 0.3) is 11.2 Å². The fourth-order valence-corrected chi connectivity index (χ4v) is 7.95. The van der Waals surface area contributed by atoms with E-state index in [1.165, 1.54) is 6.33 Å². The van der Waals surface area contributed by atoms with Crippen molar-refractivity contribution in [1.82, 2.24) is 24.2 Å². The maximum atomic E-state index is 9.16. The van der Waals surface area contributed by atoms with Gasteiger partial charge in [0.15, 0.2) is 5.65 Å². The molecule has 0 bridgehead atoms. The van der Waals surface area contributed by atoms with E-state index >= 15 is 0 Å². The molecule has 3 aromatic carbocycles. The molecule has 0 amide bonds. The molecule has 268 valence electrons. The van der Waals surface area contributed by atoms with Crippen LogP contribution in [0.2, 0.25) is 0 Å². The highest BCUT2D eigenvalue weighted by atomic mass is 31.2. The second-order valence-corrected chi connectivity index (χ2v) is 14.1. The molecule has 2 aromatic heterocycles. The molecule has 0 aliphatic carbocycles. The summed E-state index contributed by atoms with van der Waals surface area (Å²) < 4.78 is 35.3. The first kappa shape index (κ1) is 37.8. The summed E-state index contributed by atoms with van der Waals surface area (Å²) in [6.45, 7) is 11.3. The Bertz CT molecular complexity index is 1810. The Kier molecular flexibility index (Phi) is 13.1. The summed E-state index contributed by atoms with van der Waals surface area (Å²) in [5.74, 6) is 2.16. The molecule has 0 aliphatic rings. The van der Waals surface area contributed by atoms with Gasteiger partial charge in [-0.2, -0.15) is 5.26 Å². The molecular weight excluding hydrogens is 663 g/mol. The Labute approximate surface area is 302 Å². The van der Waals surface area contributed by atoms with E-state index in [2.05, 4.69) is 72.0 Å². The van der Waals surface area contributed by atoms with Crippen LogP contribution in [0.3, 0.4) is 0 Å². The number of ether oxygens (including phenoxy) is 3. The number of nitriles is 1. The van der Waals surface area contributed by atoms with Crippen LogP contribution < -0.4 is 9.47 Å². The van der Waals surface area contributed by atoms with Crippen LogP contribution in [0.15, 0.2) is 91.4 Å².